The van der Waals surface area contributed by atoms with E-state index in [4.69, 9.17) is 4.74 Å². The second-order valence-corrected chi connectivity index (χ2v) is 9.34. The van der Waals surface area contributed by atoms with Crippen molar-refractivity contribution in [3.05, 3.63) is 18.2 Å². The van der Waals surface area contributed by atoms with E-state index in [1.54, 1.807) is 7.11 Å². The van der Waals surface area contributed by atoms with Crippen LogP contribution >= 0.6 is 0 Å². The minimum atomic E-state index is -3.19. The average molecular weight is 396 g/mol. The Hall–Kier alpha value is -1.80. The Bertz CT molecular complexity index is 767. The van der Waals surface area contributed by atoms with Crippen LogP contribution in [0.2, 0.25) is 0 Å². The van der Waals surface area contributed by atoms with Gasteiger partial charge in [0, 0.05) is 37.8 Å². The number of rotatable bonds is 5. The lowest BCUT2D eigenvalue weighted by Gasteiger charge is -2.30. The molecule has 0 aromatic heterocycles. The SMILES string of the molecule is COc1ccc(N2CCCCC2)cc1NC(=O)C1CCN(S(C)(=O)=O)CC1. The van der Waals surface area contributed by atoms with Crippen LogP contribution in [-0.4, -0.2) is 58.2 Å². The second kappa shape index (κ2) is 8.48. The predicted molar refractivity (Wildman–Crippen MR) is 107 cm³/mol. The van der Waals surface area contributed by atoms with Crippen molar-refractivity contribution >= 4 is 27.3 Å². The number of benzene rings is 1. The van der Waals surface area contributed by atoms with Crippen LogP contribution in [0.5, 0.6) is 5.75 Å². The van der Waals surface area contributed by atoms with Crippen molar-refractivity contribution < 1.29 is 17.9 Å². The zero-order chi connectivity index (χ0) is 19.4. The molecule has 7 nitrogen and oxygen atoms in total. The first-order valence-electron chi connectivity index (χ1n) is 9.57. The van der Waals surface area contributed by atoms with Gasteiger partial charge in [-0.2, -0.15) is 0 Å². The molecule has 1 aromatic rings. The van der Waals surface area contributed by atoms with E-state index in [9.17, 15) is 13.2 Å². The molecule has 0 spiro atoms. The molecule has 1 amide bonds. The summed E-state index contributed by atoms with van der Waals surface area (Å²) in [5.41, 5.74) is 1.77. The average Bonchev–Trinajstić information content (AvgIpc) is 2.68. The highest BCUT2D eigenvalue weighted by molar-refractivity contribution is 7.88. The molecule has 1 aromatic carbocycles. The fraction of sp³-hybridized carbons (Fsp3) is 0.632. The lowest BCUT2D eigenvalue weighted by molar-refractivity contribution is -0.120. The van der Waals surface area contributed by atoms with E-state index in [1.165, 1.54) is 29.8 Å². The van der Waals surface area contributed by atoms with Crippen LogP contribution in [0.25, 0.3) is 0 Å². The molecule has 0 radical (unpaired) electrons. The van der Waals surface area contributed by atoms with Gasteiger partial charge in [-0.15, -0.1) is 0 Å². The Morgan fingerprint density at radius 1 is 1.11 bits per heavy atom. The molecule has 2 aliphatic heterocycles. The van der Waals surface area contributed by atoms with Crippen LogP contribution in [0.3, 0.4) is 0 Å². The molecule has 0 aliphatic carbocycles. The van der Waals surface area contributed by atoms with E-state index in [1.807, 2.05) is 18.2 Å². The number of hydrogen-bond donors (Lipinski definition) is 1. The van der Waals surface area contributed by atoms with Gasteiger partial charge < -0.3 is 15.0 Å². The number of methoxy groups -OCH3 is 1. The van der Waals surface area contributed by atoms with E-state index in [0.29, 0.717) is 37.4 Å². The smallest absolute Gasteiger partial charge is 0.227 e. The molecule has 2 heterocycles. The Morgan fingerprint density at radius 2 is 1.78 bits per heavy atom. The Labute approximate surface area is 161 Å². The number of ether oxygens (including phenoxy) is 1. The second-order valence-electron chi connectivity index (χ2n) is 7.36. The number of piperidine rings is 2. The third-order valence-corrected chi connectivity index (χ3v) is 6.76. The molecule has 27 heavy (non-hydrogen) atoms. The lowest BCUT2D eigenvalue weighted by atomic mass is 9.97. The molecule has 1 N–H and O–H groups in total. The van der Waals surface area contributed by atoms with Gasteiger partial charge >= 0.3 is 0 Å². The Morgan fingerprint density at radius 3 is 2.37 bits per heavy atom. The largest absolute Gasteiger partial charge is 0.495 e. The molecule has 0 saturated carbocycles. The van der Waals surface area contributed by atoms with Crippen molar-refractivity contribution in [2.75, 3.05) is 49.8 Å². The standard InChI is InChI=1S/C19H29N3O4S/c1-26-18-7-6-16(21-10-4-3-5-11-21)14-17(18)20-19(23)15-8-12-22(13-9-15)27(2,24)25/h6-7,14-15H,3-5,8-13H2,1-2H3,(H,20,23). The van der Waals surface area contributed by atoms with Crippen LogP contribution in [0.15, 0.2) is 18.2 Å². The monoisotopic (exact) mass is 395 g/mol. The van der Waals surface area contributed by atoms with Crippen molar-refractivity contribution in [3.8, 4) is 5.75 Å². The summed E-state index contributed by atoms with van der Waals surface area (Å²) in [6.07, 6.45) is 5.92. The van der Waals surface area contributed by atoms with Crippen molar-refractivity contribution in [1.29, 1.82) is 0 Å². The molecular weight excluding hydrogens is 366 g/mol. The highest BCUT2D eigenvalue weighted by Crippen LogP contribution is 2.32. The summed E-state index contributed by atoms with van der Waals surface area (Å²) < 4.78 is 30.1. The summed E-state index contributed by atoms with van der Waals surface area (Å²) in [6.45, 7) is 2.84. The van der Waals surface area contributed by atoms with Gasteiger partial charge in [-0.05, 0) is 50.3 Å². The van der Waals surface area contributed by atoms with Crippen molar-refractivity contribution in [3.63, 3.8) is 0 Å². The maximum atomic E-state index is 12.7. The van der Waals surface area contributed by atoms with Gasteiger partial charge in [-0.1, -0.05) is 0 Å². The lowest BCUT2D eigenvalue weighted by Crippen LogP contribution is -2.40. The highest BCUT2D eigenvalue weighted by Gasteiger charge is 2.29. The molecule has 8 heteroatoms. The molecular formula is C19H29N3O4S. The topological polar surface area (TPSA) is 79.0 Å². The molecule has 0 unspecified atom stereocenters. The zero-order valence-corrected chi connectivity index (χ0v) is 16.9. The fourth-order valence-electron chi connectivity index (χ4n) is 3.83. The zero-order valence-electron chi connectivity index (χ0n) is 16.1. The van der Waals surface area contributed by atoms with Gasteiger partial charge in [0.05, 0.1) is 19.1 Å². The number of nitrogens with one attached hydrogen (secondary N) is 1. The quantitative estimate of drug-likeness (QED) is 0.828. The van der Waals surface area contributed by atoms with E-state index < -0.39 is 10.0 Å². The first-order chi connectivity index (χ1) is 12.9. The molecule has 0 bridgehead atoms. The number of anilines is 2. The third-order valence-electron chi connectivity index (χ3n) is 5.46. The van der Waals surface area contributed by atoms with Gasteiger partial charge in [-0.3, -0.25) is 4.79 Å². The minimum Gasteiger partial charge on any atom is -0.495 e. The third kappa shape index (κ3) is 4.93. The molecule has 0 atom stereocenters. The van der Waals surface area contributed by atoms with Crippen LogP contribution < -0.4 is 15.0 Å². The van der Waals surface area contributed by atoms with Crippen LogP contribution in [-0.2, 0) is 14.8 Å². The number of carbonyl (C=O) groups is 1. The number of carbonyl (C=O) groups excluding carboxylic acids is 1. The van der Waals surface area contributed by atoms with Crippen LogP contribution in [0, 0.1) is 5.92 Å². The van der Waals surface area contributed by atoms with Gasteiger partial charge in [0.15, 0.2) is 0 Å². The summed E-state index contributed by atoms with van der Waals surface area (Å²) in [5.74, 6) is 0.376. The number of hydrogen-bond acceptors (Lipinski definition) is 5. The first kappa shape index (κ1) is 19.9. The van der Waals surface area contributed by atoms with E-state index >= 15 is 0 Å². The number of nitrogens with zero attached hydrogens (tertiary/aromatic N) is 2. The summed E-state index contributed by atoms with van der Waals surface area (Å²) >= 11 is 0. The van der Waals surface area contributed by atoms with Gasteiger partial charge in [-0.25, -0.2) is 12.7 Å². The van der Waals surface area contributed by atoms with E-state index in [-0.39, 0.29) is 11.8 Å². The normalized spacial score (nSPS) is 19.7. The highest BCUT2D eigenvalue weighted by atomic mass is 32.2. The van der Waals surface area contributed by atoms with Crippen LogP contribution in [0.4, 0.5) is 11.4 Å². The first-order valence-corrected chi connectivity index (χ1v) is 11.4. The Kier molecular flexibility index (Phi) is 6.26. The van der Waals surface area contributed by atoms with Gasteiger partial charge in [0.1, 0.15) is 5.75 Å². The molecule has 2 aliphatic rings. The maximum Gasteiger partial charge on any atom is 0.227 e. The molecule has 150 valence electrons. The van der Waals surface area contributed by atoms with Crippen molar-refractivity contribution in [2.24, 2.45) is 5.92 Å². The summed E-state index contributed by atoms with van der Waals surface area (Å²) in [7, 11) is -1.59. The summed E-state index contributed by atoms with van der Waals surface area (Å²) in [4.78, 5) is 15.1. The number of amides is 1. The maximum absolute atomic E-state index is 12.7. The Balaban J connectivity index is 1.68. The number of sulfonamides is 1. The molecule has 2 fully saturated rings. The summed E-state index contributed by atoms with van der Waals surface area (Å²) in [5, 5.41) is 3.01. The van der Waals surface area contributed by atoms with Crippen molar-refractivity contribution in [2.45, 2.75) is 32.1 Å². The fourth-order valence-corrected chi connectivity index (χ4v) is 4.70. The van der Waals surface area contributed by atoms with E-state index in [0.717, 1.165) is 18.8 Å². The summed E-state index contributed by atoms with van der Waals surface area (Å²) in [6, 6.07) is 5.91. The minimum absolute atomic E-state index is 0.0720. The predicted octanol–water partition coefficient (Wildman–Crippen LogP) is 2.30. The van der Waals surface area contributed by atoms with E-state index in [2.05, 4.69) is 10.2 Å². The van der Waals surface area contributed by atoms with Crippen LogP contribution in [0.1, 0.15) is 32.1 Å². The van der Waals surface area contributed by atoms with Crippen molar-refractivity contribution in [1.82, 2.24) is 4.31 Å². The molecule has 2 saturated heterocycles. The van der Waals surface area contributed by atoms with Gasteiger partial charge in [0.25, 0.3) is 0 Å². The molecule has 3 rings (SSSR count). The van der Waals surface area contributed by atoms with Gasteiger partial charge in [0.2, 0.25) is 15.9 Å².